The first-order valence-corrected chi connectivity index (χ1v) is 10.3. The molecular formula is C23H28Cl2N2O2. The van der Waals surface area contributed by atoms with E-state index in [1.165, 1.54) is 0 Å². The van der Waals surface area contributed by atoms with Crippen LogP contribution in [0.15, 0.2) is 42.5 Å². The molecule has 29 heavy (non-hydrogen) atoms. The molecule has 0 saturated carbocycles. The van der Waals surface area contributed by atoms with Crippen molar-refractivity contribution in [3.63, 3.8) is 0 Å². The smallest absolute Gasteiger partial charge is 0.242 e. The fourth-order valence-electron chi connectivity index (χ4n) is 2.87. The first kappa shape index (κ1) is 23.2. The quantitative estimate of drug-likeness (QED) is 0.680. The summed E-state index contributed by atoms with van der Waals surface area (Å²) >= 11 is 12.3. The lowest BCUT2D eigenvalue weighted by Gasteiger charge is -2.31. The van der Waals surface area contributed by atoms with Crippen LogP contribution in [-0.2, 0) is 22.6 Å². The molecule has 2 amide bonds. The van der Waals surface area contributed by atoms with Crippen LogP contribution in [0.4, 0.5) is 0 Å². The maximum Gasteiger partial charge on any atom is 0.242 e. The molecule has 0 saturated heterocycles. The summed E-state index contributed by atoms with van der Waals surface area (Å²) in [6.45, 7) is 9.68. The molecule has 0 radical (unpaired) electrons. The number of carbonyl (C=O) groups is 2. The summed E-state index contributed by atoms with van der Waals surface area (Å²) < 4.78 is 0. The van der Waals surface area contributed by atoms with Crippen LogP contribution < -0.4 is 5.32 Å². The number of nitrogens with one attached hydrogen (secondary N) is 1. The molecule has 6 heteroatoms. The maximum absolute atomic E-state index is 13.2. The molecule has 1 N–H and O–H groups in total. The van der Waals surface area contributed by atoms with Gasteiger partial charge in [0.2, 0.25) is 11.8 Å². The van der Waals surface area contributed by atoms with Crippen molar-refractivity contribution >= 4 is 35.0 Å². The first-order valence-electron chi connectivity index (χ1n) is 9.57. The number of nitrogens with zero attached hydrogens (tertiary/aromatic N) is 1. The Morgan fingerprint density at radius 3 is 2.24 bits per heavy atom. The molecule has 0 bridgehead atoms. The molecule has 0 unspecified atom stereocenters. The van der Waals surface area contributed by atoms with Gasteiger partial charge in [-0.25, -0.2) is 0 Å². The molecule has 0 aliphatic carbocycles. The lowest BCUT2D eigenvalue weighted by atomic mass is 10.1. The van der Waals surface area contributed by atoms with E-state index in [1.807, 2.05) is 52.0 Å². The molecule has 1 atom stereocenters. The van der Waals surface area contributed by atoms with E-state index < -0.39 is 11.6 Å². The van der Waals surface area contributed by atoms with Crippen molar-refractivity contribution in [3.05, 3.63) is 69.2 Å². The summed E-state index contributed by atoms with van der Waals surface area (Å²) in [7, 11) is 0. The van der Waals surface area contributed by atoms with Gasteiger partial charge in [0.15, 0.2) is 0 Å². The molecule has 2 aromatic rings. The summed E-state index contributed by atoms with van der Waals surface area (Å²) in [5.74, 6) is -0.351. The van der Waals surface area contributed by atoms with Gasteiger partial charge in [-0.05, 0) is 57.9 Å². The molecular weight excluding hydrogens is 407 g/mol. The second kappa shape index (κ2) is 9.64. The average molecular weight is 435 g/mol. The third-order valence-electron chi connectivity index (χ3n) is 4.50. The number of hydrogen-bond donors (Lipinski definition) is 1. The van der Waals surface area contributed by atoms with Crippen LogP contribution in [0.5, 0.6) is 0 Å². The Morgan fingerprint density at radius 2 is 1.69 bits per heavy atom. The van der Waals surface area contributed by atoms with Crippen LogP contribution in [0.1, 0.15) is 44.4 Å². The van der Waals surface area contributed by atoms with Crippen LogP contribution in [-0.4, -0.2) is 28.3 Å². The van der Waals surface area contributed by atoms with Crippen molar-refractivity contribution in [1.82, 2.24) is 10.2 Å². The van der Waals surface area contributed by atoms with Gasteiger partial charge in [0.05, 0.1) is 6.42 Å². The van der Waals surface area contributed by atoms with Gasteiger partial charge in [-0.1, -0.05) is 59.1 Å². The summed E-state index contributed by atoms with van der Waals surface area (Å²) in [6.07, 6.45) is 0.207. The third kappa shape index (κ3) is 7.06. The minimum atomic E-state index is -0.654. The molecule has 0 aromatic heterocycles. The SMILES string of the molecule is Cc1ccc(CC(=O)N(Cc2ccc(Cl)cc2Cl)[C@H](C)C(=O)NC(C)(C)C)cc1. The van der Waals surface area contributed by atoms with Crippen LogP contribution in [0.2, 0.25) is 10.0 Å². The topological polar surface area (TPSA) is 49.4 Å². The minimum Gasteiger partial charge on any atom is -0.350 e. The standard InChI is InChI=1S/C23H28Cl2N2O2/c1-15-6-8-17(9-7-15)12-21(28)27(16(2)22(29)26-23(3,4)5)14-18-10-11-19(24)13-20(18)25/h6-11,13,16H,12,14H2,1-5H3,(H,26,29)/t16-/m1/s1. The number of benzene rings is 2. The Bertz CT molecular complexity index is 873. The van der Waals surface area contributed by atoms with E-state index in [-0.39, 0.29) is 24.8 Å². The Balaban J connectivity index is 2.29. The molecule has 2 aromatic carbocycles. The van der Waals surface area contributed by atoms with Gasteiger partial charge in [-0.15, -0.1) is 0 Å². The van der Waals surface area contributed by atoms with Crippen molar-refractivity contribution in [2.24, 2.45) is 0 Å². The van der Waals surface area contributed by atoms with Gasteiger partial charge in [-0.2, -0.15) is 0 Å². The molecule has 0 aliphatic heterocycles. The monoisotopic (exact) mass is 434 g/mol. The number of aryl methyl sites for hydroxylation is 1. The van der Waals surface area contributed by atoms with Gasteiger partial charge in [-0.3, -0.25) is 9.59 Å². The highest BCUT2D eigenvalue weighted by molar-refractivity contribution is 6.35. The fourth-order valence-corrected chi connectivity index (χ4v) is 3.34. The lowest BCUT2D eigenvalue weighted by Crippen LogP contribution is -2.52. The second-order valence-corrected chi connectivity index (χ2v) is 9.18. The van der Waals surface area contributed by atoms with Gasteiger partial charge in [0.1, 0.15) is 6.04 Å². The Hall–Kier alpha value is -2.04. The zero-order valence-electron chi connectivity index (χ0n) is 17.6. The summed E-state index contributed by atoms with van der Waals surface area (Å²) in [4.78, 5) is 27.5. The normalized spacial score (nSPS) is 12.4. The highest BCUT2D eigenvalue weighted by Crippen LogP contribution is 2.24. The van der Waals surface area contributed by atoms with Gasteiger partial charge < -0.3 is 10.2 Å². The van der Waals surface area contributed by atoms with Crippen molar-refractivity contribution in [2.45, 2.75) is 59.2 Å². The molecule has 0 aliphatic rings. The molecule has 4 nitrogen and oxygen atoms in total. The predicted octanol–water partition coefficient (Wildman–Crippen LogP) is 5.18. The number of hydrogen-bond acceptors (Lipinski definition) is 2. The molecule has 0 heterocycles. The zero-order valence-corrected chi connectivity index (χ0v) is 19.1. The van der Waals surface area contributed by atoms with E-state index in [0.717, 1.165) is 16.7 Å². The largest absolute Gasteiger partial charge is 0.350 e. The average Bonchev–Trinajstić information content (AvgIpc) is 2.61. The third-order valence-corrected chi connectivity index (χ3v) is 5.08. The summed E-state index contributed by atoms with van der Waals surface area (Å²) in [5.41, 5.74) is 2.37. The first-order chi connectivity index (χ1) is 13.5. The highest BCUT2D eigenvalue weighted by Gasteiger charge is 2.28. The predicted molar refractivity (Wildman–Crippen MR) is 119 cm³/mol. The van der Waals surface area contributed by atoms with E-state index in [0.29, 0.717) is 10.0 Å². The van der Waals surface area contributed by atoms with Crippen LogP contribution >= 0.6 is 23.2 Å². The van der Waals surface area contributed by atoms with E-state index in [9.17, 15) is 9.59 Å². The van der Waals surface area contributed by atoms with Gasteiger partial charge >= 0.3 is 0 Å². The summed E-state index contributed by atoms with van der Waals surface area (Å²) in [6, 6.07) is 12.3. The molecule has 0 spiro atoms. The number of rotatable bonds is 6. The minimum absolute atomic E-state index is 0.142. The van der Waals surface area contributed by atoms with E-state index in [2.05, 4.69) is 5.32 Å². The van der Waals surface area contributed by atoms with Crippen LogP contribution in [0.3, 0.4) is 0 Å². The van der Waals surface area contributed by atoms with Gasteiger partial charge in [0, 0.05) is 22.1 Å². The van der Waals surface area contributed by atoms with Crippen molar-refractivity contribution < 1.29 is 9.59 Å². The van der Waals surface area contributed by atoms with E-state index >= 15 is 0 Å². The van der Waals surface area contributed by atoms with Crippen molar-refractivity contribution in [2.75, 3.05) is 0 Å². The highest BCUT2D eigenvalue weighted by atomic mass is 35.5. The lowest BCUT2D eigenvalue weighted by molar-refractivity contribution is -0.140. The fraction of sp³-hybridized carbons (Fsp3) is 0.391. The Morgan fingerprint density at radius 1 is 1.07 bits per heavy atom. The van der Waals surface area contributed by atoms with Crippen molar-refractivity contribution in [1.29, 1.82) is 0 Å². The maximum atomic E-state index is 13.2. The van der Waals surface area contributed by atoms with Crippen molar-refractivity contribution in [3.8, 4) is 0 Å². The van der Waals surface area contributed by atoms with Crippen LogP contribution in [0, 0.1) is 6.92 Å². The Labute approximate surface area is 183 Å². The van der Waals surface area contributed by atoms with Crippen LogP contribution in [0.25, 0.3) is 0 Å². The number of amides is 2. The zero-order chi connectivity index (χ0) is 21.8. The van der Waals surface area contributed by atoms with E-state index in [1.54, 1.807) is 30.0 Å². The number of halogens is 2. The molecule has 2 rings (SSSR count). The second-order valence-electron chi connectivity index (χ2n) is 8.33. The summed E-state index contributed by atoms with van der Waals surface area (Å²) in [5, 5.41) is 3.94. The molecule has 156 valence electrons. The molecule has 0 fully saturated rings. The van der Waals surface area contributed by atoms with E-state index in [4.69, 9.17) is 23.2 Å². The Kier molecular flexibility index (Phi) is 7.73. The van der Waals surface area contributed by atoms with Gasteiger partial charge in [0.25, 0.3) is 0 Å². The number of carbonyl (C=O) groups excluding carboxylic acids is 2.